The van der Waals surface area contributed by atoms with Crippen molar-refractivity contribution in [2.45, 2.75) is 12.1 Å². The summed E-state index contributed by atoms with van der Waals surface area (Å²) in [6.45, 7) is 3.67. The molecule has 2 heterocycles. The van der Waals surface area contributed by atoms with Crippen LogP contribution < -0.4 is 5.32 Å². The fraction of sp³-hybridized carbons (Fsp3) is 1.00. The third-order valence-electron chi connectivity index (χ3n) is 2.45. The Morgan fingerprint density at radius 3 is 2.40 bits per heavy atom. The quantitative estimate of drug-likeness (QED) is 0.446. The van der Waals surface area contributed by atoms with Gasteiger partial charge in [-0.15, -0.1) is 0 Å². The molecule has 2 saturated heterocycles. The Hall–Kier alpha value is -0.120. The zero-order chi connectivity index (χ0) is 6.97. The first-order chi connectivity index (χ1) is 4.88. The van der Waals surface area contributed by atoms with Gasteiger partial charge in [0.05, 0.1) is 13.2 Å². The SMILES string of the molecule is CN1C2C[N]CC1COC2. The van der Waals surface area contributed by atoms with Crippen molar-refractivity contribution in [3.63, 3.8) is 0 Å². The molecule has 2 rings (SSSR count). The van der Waals surface area contributed by atoms with Crippen molar-refractivity contribution in [1.29, 1.82) is 0 Å². The molecule has 2 fully saturated rings. The molecule has 0 aromatic carbocycles. The van der Waals surface area contributed by atoms with Crippen LogP contribution in [-0.2, 0) is 4.74 Å². The Morgan fingerprint density at radius 1 is 1.30 bits per heavy atom. The molecule has 2 aliphatic heterocycles. The summed E-state index contributed by atoms with van der Waals surface area (Å²) < 4.78 is 5.41. The van der Waals surface area contributed by atoms with Crippen LogP contribution >= 0.6 is 0 Å². The number of piperazine rings is 1. The molecule has 3 heteroatoms. The van der Waals surface area contributed by atoms with Gasteiger partial charge in [-0.25, -0.2) is 5.32 Å². The summed E-state index contributed by atoms with van der Waals surface area (Å²) in [5.41, 5.74) is 0. The fourth-order valence-electron chi connectivity index (χ4n) is 1.61. The maximum atomic E-state index is 5.41. The maximum Gasteiger partial charge on any atom is 0.0635 e. The van der Waals surface area contributed by atoms with Crippen LogP contribution in [0.25, 0.3) is 0 Å². The second-order valence-corrected chi connectivity index (χ2v) is 3.10. The van der Waals surface area contributed by atoms with Crippen LogP contribution in [0.15, 0.2) is 0 Å². The Bertz CT molecular complexity index is 107. The van der Waals surface area contributed by atoms with Crippen LogP contribution in [0.1, 0.15) is 0 Å². The number of hydrogen-bond acceptors (Lipinski definition) is 2. The first-order valence-corrected chi connectivity index (χ1v) is 3.81. The number of fused-ring (bicyclic) bond motifs is 2. The van der Waals surface area contributed by atoms with Crippen molar-refractivity contribution in [2.75, 3.05) is 33.4 Å². The molecule has 57 valence electrons. The van der Waals surface area contributed by atoms with Crippen LogP contribution in [0.2, 0.25) is 0 Å². The second kappa shape index (κ2) is 2.49. The molecule has 0 aromatic rings. The summed E-state index contributed by atoms with van der Waals surface area (Å²) in [5, 5.41) is 4.39. The van der Waals surface area contributed by atoms with Crippen molar-refractivity contribution >= 4 is 0 Å². The second-order valence-electron chi connectivity index (χ2n) is 3.10. The Morgan fingerprint density at radius 2 is 1.90 bits per heavy atom. The lowest BCUT2D eigenvalue weighted by molar-refractivity contribution is -0.0520. The van der Waals surface area contributed by atoms with Gasteiger partial charge >= 0.3 is 0 Å². The normalized spacial score (nSPS) is 41.7. The van der Waals surface area contributed by atoms with Gasteiger partial charge in [0, 0.05) is 25.2 Å². The van der Waals surface area contributed by atoms with E-state index in [0.29, 0.717) is 12.1 Å². The molecule has 2 atom stereocenters. The molecule has 2 aliphatic rings. The van der Waals surface area contributed by atoms with Gasteiger partial charge in [0.15, 0.2) is 0 Å². The highest BCUT2D eigenvalue weighted by Crippen LogP contribution is 2.13. The number of ether oxygens (including phenoxy) is 1. The molecular weight excluding hydrogens is 128 g/mol. The molecule has 1 radical (unpaired) electrons. The van der Waals surface area contributed by atoms with Crippen molar-refractivity contribution in [3.05, 3.63) is 0 Å². The van der Waals surface area contributed by atoms with Gasteiger partial charge in [-0.1, -0.05) is 0 Å². The molecule has 0 aromatic heterocycles. The molecule has 0 N–H and O–H groups in total. The van der Waals surface area contributed by atoms with E-state index in [-0.39, 0.29) is 0 Å². The van der Waals surface area contributed by atoms with Crippen molar-refractivity contribution in [2.24, 2.45) is 0 Å². The predicted octanol–water partition coefficient (Wildman–Crippen LogP) is -0.696. The van der Waals surface area contributed by atoms with Gasteiger partial charge in [-0.2, -0.15) is 0 Å². The third kappa shape index (κ3) is 0.944. The van der Waals surface area contributed by atoms with Gasteiger partial charge in [0.25, 0.3) is 0 Å². The third-order valence-corrected chi connectivity index (χ3v) is 2.45. The van der Waals surface area contributed by atoms with Gasteiger partial charge in [-0.05, 0) is 7.05 Å². The molecule has 3 nitrogen and oxygen atoms in total. The molecule has 0 amide bonds. The van der Waals surface area contributed by atoms with Gasteiger partial charge < -0.3 is 4.74 Å². The van der Waals surface area contributed by atoms with Crippen LogP contribution in [0.4, 0.5) is 0 Å². The van der Waals surface area contributed by atoms with E-state index in [1.807, 2.05) is 0 Å². The van der Waals surface area contributed by atoms with Gasteiger partial charge in [-0.3, -0.25) is 4.90 Å². The van der Waals surface area contributed by atoms with E-state index >= 15 is 0 Å². The summed E-state index contributed by atoms with van der Waals surface area (Å²) >= 11 is 0. The minimum Gasteiger partial charge on any atom is -0.378 e. The number of nitrogens with zero attached hydrogens (tertiary/aromatic N) is 2. The highest BCUT2D eigenvalue weighted by Gasteiger charge is 2.31. The molecule has 10 heavy (non-hydrogen) atoms. The highest BCUT2D eigenvalue weighted by molar-refractivity contribution is 4.87. The average molecular weight is 141 g/mol. The van der Waals surface area contributed by atoms with E-state index in [0.717, 1.165) is 26.3 Å². The van der Waals surface area contributed by atoms with Crippen LogP contribution in [0.3, 0.4) is 0 Å². The zero-order valence-electron chi connectivity index (χ0n) is 6.29. The van der Waals surface area contributed by atoms with E-state index in [4.69, 9.17) is 4.74 Å². The monoisotopic (exact) mass is 141 g/mol. The average Bonchev–Trinajstić information content (AvgIpc) is 1.86. The first-order valence-electron chi connectivity index (χ1n) is 3.81. The molecular formula is C7H13N2O. The summed E-state index contributed by atoms with van der Waals surface area (Å²) in [6, 6.07) is 1.12. The Labute approximate surface area is 61.3 Å². The van der Waals surface area contributed by atoms with Crippen molar-refractivity contribution in [1.82, 2.24) is 10.2 Å². The van der Waals surface area contributed by atoms with Crippen molar-refractivity contribution < 1.29 is 4.74 Å². The number of likely N-dealkylation sites (N-methyl/N-ethyl adjacent to an activating group) is 1. The standard InChI is InChI=1S/C7H13N2O/c1-9-6-2-8-3-7(9)5-10-4-6/h6-7H,2-5H2,1H3. The van der Waals surface area contributed by atoms with E-state index in [1.54, 1.807) is 0 Å². The topological polar surface area (TPSA) is 26.6 Å². The molecule has 0 saturated carbocycles. The lowest BCUT2D eigenvalue weighted by Crippen LogP contribution is -2.59. The largest absolute Gasteiger partial charge is 0.378 e. The van der Waals surface area contributed by atoms with E-state index in [9.17, 15) is 0 Å². The van der Waals surface area contributed by atoms with Crippen LogP contribution in [0.5, 0.6) is 0 Å². The van der Waals surface area contributed by atoms with Gasteiger partial charge in [0.1, 0.15) is 0 Å². The first kappa shape index (κ1) is 6.58. The minimum atomic E-state index is 0.562. The number of morpholine rings is 1. The Balaban J connectivity index is 2.05. The van der Waals surface area contributed by atoms with Crippen molar-refractivity contribution in [3.8, 4) is 0 Å². The molecule has 0 aliphatic carbocycles. The van der Waals surface area contributed by atoms with E-state index < -0.39 is 0 Å². The van der Waals surface area contributed by atoms with E-state index in [1.165, 1.54) is 0 Å². The summed E-state index contributed by atoms with van der Waals surface area (Å²) in [6.07, 6.45) is 0. The number of rotatable bonds is 0. The summed E-state index contributed by atoms with van der Waals surface area (Å²) in [4.78, 5) is 2.40. The van der Waals surface area contributed by atoms with Crippen LogP contribution in [0, 0.1) is 0 Å². The molecule has 0 spiro atoms. The number of hydrogen-bond donors (Lipinski definition) is 0. The predicted molar refractivity (Wildman–Crippen MR) is 38.0 cm³/mol. The fourth-order valence-corrected chi connectivity index (χ4v) is 1.61. The highest BCUT2D eigenvalue weighted by atomic mass is 16.5. The Kier molecular flexibility index (Phi) is 1.64. The summed E-state index contributed by atoms with van der Waals surface area (Å²) in [7, 11) is 2.17. The molecule has 2 unspecified atom stereocenters. The maximum absolute atomic E-state index is 5.41. The summed E-state index contributed by atoms with van der Waals surface area (Å²) in [5.74, 6) is 0. The van der Waals surface area contributed by atoms with Gasteiger partial charge in [0.2, 0.25) is 0 Å². The lowest BCUT2D eigenvalue weighted by atomic mass is 10.1. The zero-order valence-corrected chi connectivity index (χ0v) is 6.29. The minimum absolute atomic E-state index is 0.562. The smallest absolute Gasteiger partial charge is 0.0635 e. The van der Waals surface area contributed by atoms with E-state index in [2.05, 4.69) is 17.3 Å². The van der Waals surface area contributed by atoms with Crippen LogP contribution in [-0.4, -0.2) is 50.3 Å². The lowest BCUT2D eigenvalue weighted by Gasteiger charge is -2.42. The molecule has 2 bridgehead atoms.